The molecule has 1 unspecified atom stereocenters. The molecule has 0 saturated carbocycles. The van der Waals surface area contributed by atoms with Crippen molar-refractivity contribution in [2.24, 2.45) is 0 Å². The predicted octanol–water partition coefficient (Wildman–Crippen LogP) is 5.91. The van der Waals surface area contributed by atoms with Crippen LogP contribution in [-0.2, 0) is 12.2 Å². The van der Waals surface area contributed by atoms with E-state index in [9.17, 15) is 14.9 Å². The fraction of sp³-hybridized carbons (Fsp3) is 0.192. The van der Waals surface area contributed by atoms with Crippen LogP contribution < -0.4 is 10.6 Å². The number of carbonyl (C=O) groups is 1. The van der Waals surface area contributed by atoms with E-state index in [0.717, 1.165) is 12.0 Å². The molecule has 0 aliphatic heterocycles. The summed E-state index contributed by atoms with van der Waals surface area (Å²) in [6, 6.07) is 23.0. The minimum atomic E-state index is -0.492. The monoisotopic (exact) mass is 502 g/mol. The van der Waals surface area contributed by atoms with Gasteiger partial charge in [0.1, 0.15) is 0 Å². The zero-order valence-electron chi connectivity index (χ0n) is 19.9. The van der Waals surface area contributed by atoms with Crippen molar-refractivity contribution < 1.29 is 9.72 Å². The van der Waals surface area contributed by atoms with Crippen LogP contribution in [-0.4, -0.2) is 25.7 Å². The lowest BCUT2D eigenvalue weighted by molar-refractivity contribution is -0.384. The Morgan fingerprint density at radius 2 is 1.69 bits per heavy atom. The molecular weight excluding hydrogens is 476 g/mol. The molecule has 3 aromatic carbocycles. The second-order valence-corrected chi connectivity index (χ2v) is 9.04. The van der Waals surface area contributed by atoms with Gasteiger partial charge < -0.3 is 10.6 Å². The van der Waals surface area contributed by atoms with Crippen molar-refractivity contribution in [1.82, 2.24) is 20.1 Å². The molecule has 4 aromatic rings. The average Bonchev–Trinajstić information content (AvgIpc) is 3.32. The molecule has 184 valence electrons. The summed E-state index contributed by atoms with van der Waals surface area (Å²) in [5.74, 6) is 1.18. The molecule has 0 aliphatic carbocycles. The quantitative estimate of drug-likeness (QED) is 0.167. The molecule has 1 aromatic heterocycles. The van der Waals surface area contributed by atoms with E-state index in [4.69, 9.17) is 0 Å². The summed E-state index contributed by atoms with van der Waals surface area (Å²) in [4.78, 5) is 23.4. The lowest BCUT2D eigenvalue weighted by atomic mass is 10.1. The highest BCUT2D eigenvalue weighted by atomic mass is 32.2. The smallest absolute Gasteiger partial charge is 0.319 e. The van der Waals surface area contributed by atoms with Crippen LogP contribution >= 0.6 is 11.8 Å². The summed E-state index contributed by atoms with van der Waals surface area (Å²) in [5.41, 5.74) is 3.66. The van der Waals surface area contributed by atoms with E-state index in [1.165, 1.54) is 29.5 Å². The number of anilines is 1. The number of nitro groups is 1. The van der Waals surface area contributed by atoms with Crippen LogP contribution in [0.1, 0.15) is 36.8 Å². The highest BCUT2D eigenvalue weighted by Crippen LogP contribution is 2.28. The molecule has 0 fully saturated rings. The summed E-state index contributed by atoms with van der Waals surface area (Å²) in [6.07, 6.45) is 0.923. The zero-order valence-corrected chi connectivity index (χ0v) is 20.7. The van der Waals surface area contributed by atoms with Crippen LogP contribution in [0.25, 0.3) is 5.69 Å². The molecule has 0 spiro atoms. The molecular formula is C26H26N6O3S. The maximum absolute atomic E-state index is 12.7. The maximum atomic E-state index is 12.7. The highest BCUT2D eigenvalue weighted by Gasteiger charge is 2.22. The summed E-state index contributed by atoms with van der Waals surface area (Å²) in [5, 5.41) is 26.2. The first-order chi connectivity index (χ1) is 17.4. The molecule has 36 heavy (non-hydrogen) atoms. The number of aromatic nitrogens is 3. The third-order valence-corrected chi connectivity index (χ3v) is 6.54. The Labute approximate surface area is 213 Å². The molecule has 2 N–H and O–H groups in total. The zero-order chi connectivity index (χ0) is 25.5. The van der Waals surface area contributed by atoms with Crippen molar-refractivity contribution in [2.45, 2.75) is 37.2 Å². The van der Waals surface area contributed by atoms with E-state index in [-0.39, 0.29) is 11.7 Å². The number of carbonyl (C=O) groups excluding carboxylic acids is 1. The number of aryl methyl sites for hydroxylation is 1. The summed E-state index contributed by atoms with van der Waals surface area (Å²) >= 11 is 1.50. The van der Waals surface area contributed by atoms with E-state index >= 15 is 0 Å². The fourth-order valence-electron chi connectivity index (χ4n) is 3.60. The first-order valence-electron chi connectivity index (χ1n) is 11.5. The average molecular weight is 503 g/mol. The molecule has 2 amide bonds. The third kappa shape index (κ3) is 6.08. The van der Waals surface area contributed by atoms with Gasteiger partial charge in [0.2, 0.25) is 0 Å². The van der Waals surface area contributed by atoms with Gasteiger partial charge in [-0.15, -0.1) is 10.2 Å². The van der Waals surface area contributed by atoms with Gasteiger partial charge in [-0.25, -0.2) is 4.79 Å². The van der Waals surface area contributed by atoms with Crippen molar-refractivity contribution in [1.29, 1.82) is 0 Å². The number of non-ortho nitro benzene ring substituents is 1. The molecule has 10 heteroatoms. The van der Waals surface area contributed by atoms with Gasteiger partial charge in [0.05, 0.1) is 11.0 Å². The van der Waals surface area contributed by atoms with Crippen LogP contribution in [0.15, 0.2) is 84.0 Å². The number of benzene rings is 3. The fourth-order valence-corrected chi connectivity index (χ4v) is 4.51. The number of hydrogen-bond acceptors (Lipinski definition) is 6. The standard InChI is InChI=1S/C26H26N6O3S/c1-3-19-9-11-21(12-10-19)28-25(33)27-18(2)24-29-30-26(36-17-20-7-5-4-6-8-20)31(24)22-13-15-23(16-14-22)32(34)35/h4-16,18H,3,17H2,1-2H3,(H2,27,28,33). The minimum Gasteiger partial charge on any atom is -0.328 e. The Morgan fingerprint density at radius 3 is 2.33 bits per heavy atom. The van der Waals surface area contributed by atoms with E-state index in [2.05, 4.69) is 27.8 Å². The second-order valence-electron chi connectivity index (χ2n) is 8.09. The van der Waals surface area contributed by atoms with Crippen molar-refractivity contribution >= 4 is 29.2 Å². The first kappa shape index (κ1) is 24.9. The number of nitrogens with zero attached hydrogens (tertiary/aromatic N) is 4. The molecule has 0 aliphatic rings. The lowest BCUT2D eigenvalue weighted by Crippen LogP contribution is -2.32. The first-order valence-corrected chi connectivity index (χ1v) is 12.5. The van der Waals surface area contributed by atoms with Gasteiger partial charge in [-0.3, -0.25) is 14.7 Å². The Morgan fingerprint density at radius 1 is 1.00 bits per heavy atom. The summed E-state index contributed by atoms with van der Waals surface area (Å²) in [7, 11) is 0. The number of rotatable bonds is 9. The normalized spacial score (nSPS) is 11.6. The van der Waals surface area contributed by atoms with Crippen LogP contribution in [0.3, 0.4) is 0 Å². The van der Waals surface area contributed by atoms with Crippen molar-refractivity contribution in [3.05, 3.63) is 106 Å². The number of hydrogen-bond donors (Lipinski definition) is 2. The van der Waals surface area contributed by atoms with Gasteiger partial charge in [0.25, 0.3) is 5.69 Å². The van der Waals surface area contributed by atoms with Crippen LogP contribution in [0.5, 0.6) is 0 Å². The van der Waals surface area contributed by atoms with Crippen molar-refractivity contribution in [2.75, 3.05) is 5.32 Å². The van der Waals surface area contributed by atoms with Crippen molar-refractivity contribution in [3.63, 3.8) is 0 Å². The van der Waals surface area contributed by atoms with Crippen LogP contribution in [0.2, 0.25) is 0 Å². The molecule has 9 nitrogen and oxygen atoms in total. The number of nitrogens with one attached hydrogen (secondary N) is 2. The maximum Gasteiger partial charge on any atom is 0.319 e. The van der Waals surface area contributed by atoms with Gasteiger partial charge in [0, 0.05) is 29.3 Å². The van der Waals surface area contributed by atoms with Crippen LogP contribution in [0, 0.1) is 10.1 Å². The van der Waals surface area contributed by atoms with E-state index in [0.29, 0.717) is 28.1 Å². The van der Waals surface area contributed by atoms with Gasteiger partial charge >= 0.3 is 6.03 Å². The number of amides is 2. The topological polar surface area (TPSA) is 115 Å². The van der Waals surface area contributed by atoms with E-state index in [1.54, 1.807) is 12.1 Å². The number of nitro benzene ring substituents is 1. The Balaban J connectivity index is 1.56. The molecule has 1 atom stereocenters. The van der Waals surface area contributed by atoms with Gasteiger partial charge in [0.15, 0.2) is 11.0 Å². The Kier molecular flexibility index (Phi) is 7.96. The largest absolute Gasteiger partial charge is 0.328 e. The minimum absolute atomic E-state index is 0.00786. The Hall–Kier alpha value is -4.18. The number of urea groups is 1. The predicted molar refractivity (Wildman–Crippen MR) is 140 cm³/mol. The van der Waals surface area contributed by atoms with E-state index < -0.39 is 11.0 Å². The summed E-state index contributed by atoms with van der Waals surface area (Å²) in [6.45, 7) is 3.89. The Bertz CT molecular complexity index is 1320. The SMILES string of the molecule is CCc1ccc(NC(=O)NC(C)c2nnc(SCc3ccccc3)n2-c2ccc([N+](=O)[O-])cc2)cc1. The second kappa shape index (κ2) is 11.5. The van der Waals surface area contributed by atoms with E-state index in [1.807, 2.05) is 66.1 Å². The van der Waals surface area contributed by atoms with Gasteiger partial charge in [-0.05, 0) is 48.7 Å². The highest BCUT2D eigenvalue weighted by molar-refractivity contribution is 7.98. The molecule has 0 bridgehead atoms. The van der Waals surface area contributed by atoms with Crippen molar-refractivity contribution in [3.8, 4) is 5.69 Å². The van der Waals surface area contributed by atoms with Gasteiger partial charge in [-0.1, -0.05) is 61.2 Å². The van der Waals surface area contributed by atoms with Gasteiger partial charge in [-0.2, -0.15) is 0 Å². The van der Waals surface area contributed by atoms with Crippen LogP contribution in [0.4, 0.5) is 16.2 Å². The molecule has 1 heterocycles. The molecule has 4 rings (SSSR count). The number of thioether (sulfide) groups is 1. The lowest BCUT2D eigenvalue weighted by Gasteiger charge is -2.17. The summed E-state index contributed by atoms with van der Waals surface area (Å²) < 4.78 is 1.82. The molecule has 0 radical (unpaired) electrons. The molecule has 0 saturated heterocycles. The third-order valence-electron chi connectivity index (χ3n) is 5.54.